The maximum atomic E-state index is 12.1. The highest BCUT2D eigenvalue weighted by molar-refractivity contribution is 7.11. The van der Waals surface area contributed by atoms with Crippen LogP contribution in [0.25, 0.3) is 0 Å². The van der Waals surface area contributed by atoms with Crippen LogP contribution in [-0.2, 0) is 11.2 Å². The Bertz CT molecular complexity index is 526. The van der Waals surface area contributed by atoms with Crippen LogP contribution in [0.1, 0.15) is 67.3 Å². The number of nitrogens with zero attached hydrogens (tertiary/aromatic N) is 3. The standard InChI is InChI=1S/C17H25N3OS/c21-17(14-5-6-14)20-9-7-13(8-10-20)16-19-18-15(22-16)11-12-3-1-2-4-12/h12-14H,1-11H2. The fraction of sp³-hybridized carbons (Fsp3) is 0.824. The summed E-state index contributed by atoms with van der Waals surface area (Å²) in [5, 5.41) is 11.3. The number of hydrogen-bond acceptors (Lipinski definition) is 4. The molecule has 1 amide bonds. The molecule has 0 N–H and O–H groups in total. The van der Waals surface area contributed by atoms with Crippen LogP contribution < -0.4 is 0 Å². The van der Waals surface area contributed by atoms with E-state index in [0.29, 0.717) is 17.7 Å². The molecular weight excluding hydrogens is 294 g/mol. The van der Waals surface area contributed by atoms with Crippen LogP contribution in [0.4, 0.5) is 0 Å². The van der Waals surface area contributed by atoms with Crippen LogP contribution in [0.3, 0.4) is 0 Å². The Morgan fingerprint density at radius 3 is 2.45 bits per heavy atom. The van der Waals surface area contributed by atoms with Crippen molar-refractivity contribution in [1.82, 2.24) is 15.1 Å². The molecule has 3 aliphatic rings. The Labute approximate surface area is 136 Å². The summed E-state index contributed by atoms with van der Waals surface area (Å²) in [7, 11) is 0. The lowest BCUT2D eigenvalue weighted by Crippen LogP contribution is -2.38. The maximum Gasteiger partial charge on any atom is 0.225 e. The van der Waals surface area contributed by atoms with E-state index in [4.69, 9.17) is 0 Å². The number of carbonyl (C=O) groups excluding carboxylic acids is 1. The largest absolute Gasteiger partial charge is 0.342 e. The third-order valence-corrected chi connectivity index (χ3v) is 6.61. The second kappa shape index (κ2) is 6.26. The third-order valence-electron chi connectivity index (χ3n) is 5.50. The zero-order chi connectivity index (χ0) is 14.9. The molecule has 4 nitrogen and oxygen atoms in total. The monoisotopic (exact) mass is 319 g/mol. The summed E-state index contributed by atoms with van der Waals surface area (Å²) in [6, 6.07) is 0. The number of amides is 1. The highest BCUT2D eigenvalue weighted by atomic mass is 32.1. The molecule has 22 heavy (non-hydrogen) atoms. The summed E-state index contributed by atoms with van der Waals surface area (Å²) in [4.78, 5) is 14.2. The van der Waals surface area contributed by atoms with Gasteiger partial charge < -0.3 is 4.90 Å². The fourth-order valence-corrected chi connectivity index (χ4v) is 5.04. The van der Waals surface area contributed by atoms with Gasteiger partial charge in [0.1, 0.15) is 10.0 Å². The molecule has 2 heterocycles. The Hall–Kier alpha value is -0.970. The molecule has 5 heteroatoms. The zero-order valence-corrected chi connectivity index (χ0v) is 14.0. The van der Waals surface area contributed by atoms with Crippen molar-refractivity contribution in [2.75, 3.05) is 13.1 Å². The van der Waals surface area contributed by atoms with Crippen molar-refractivity contribution in [2.45, 2.75) is 63.7 Å². The first kappa shape index (κ1) is 14.6. The van der Waals surface area contributed by atoms with Crippen molar-refractivity contribution in [1.29, 1.82) is 0 Å². The fourth-order valence-electron chi connectivity index (χ4n) is 3.91. The summed E-state index contributed by atoms with van der Waals surface area (Å²) in [5.41, 5.74) is 0. The Morgan fingerprint density at radius 1 is 1.05 bits per heavy atom. The maximum absolute atomic E-state index is 12.1. The Balaban J connectivity index is 1.31. The summed E-state index contributed by atoms with van der Waals surface area (Å²) < 4.78 is 0. The average molecular weight is 319 g/mol. The van der Waals surface area contributed by atoms with Gasteiger partial charge in [0.25, 0.3) is 0 Å². The minimum Gasteiger partial charge on any atom is -0.342 e. The molecule has 1 saturated heterocycles. The smallest absolute Gasteiger partial charge is 0.225 e. The van der Waals surface area contributed by atoms with E-state index in [0.717, 1.165) is 51.1 Å². The molecule has 2 aliphatic carbocycles. The van der Waals surface area contributed by atoms with E-state index in [1.165, 1.54) is 35.7 Å². The normalized spacial score (nSPS) is 24.1. The lowest BCUT2D eigenvalue weighted by Gasteiger charge is -2.31. The van der Waals surface area contributed by atoms with E-state index >= 15 is 0 Å². The molecule has 0 spiro atoms. The van der Waals surface area contributed by atoms with Gasteiger partial charge in [-0.05, 0) is 31.6 Å². The topological polar surface area (TPSA) is 46.1 Å². The molecule has 0 radical (unpaired) electrons. The molecule has 120 valence electrons. The molecule has 3 fully saturated rings. The highest BCUT2D eigenvalue weighted by Gasteiger charge is 2.35. The van der Waals surface area contributed by atoms with Crippen molar-refractivity contribution in [3.8, 4) is 0 Å². The first-order valence-corrected chi connectivity index (χ1v) is 9.72. The number of likely N-dealkylation sites (tertiary alicyclic amines) is 1. The predicted molar refractivity (Wildman–Crippen MR) is 86.9 cm³/mol. The average Bonchev–Trinajstić information content (AvgIpc) is 3.08. The van der Waals surface area contributed by atoms with E-state index in [-0.39, 0.29) is 0 Å². The van der Waals surface area contributed by atoms with Crippen molar-refractivity contribution >= 4 is 17.2 Å². The van der Waals surface area contributed by atoms with E-state index in [1.807, 2.05) is 11.3 Å². The lowest BCUT2D eigenvalue weighted by atomic mass is 9.97. The van der Waals surface area contributed by atoms with E-state index in [2.05, 4.69) is 15.1 Å². The van der Waals surface area contributed by atoms with E-state index in [1.54, 1.807) is 0 Å². The third kappa shape index (κ3) is 3.19. The zero-order valence-electron chi connectivity index (χ0n) is 13.2. The molecule has 4 rings (SSSR count). The van der Waals surface area contributed by atoms with Crippen LogP contribution in [-0.4, -0.2) is 34.1 Å². The number of carbonyl (C=O) groups is 1. The molecule has 1 aromatic rings. The molecule has 1 aliphatic heterocycles. The first-order valence-electron chi connectivity index (χ1n) is 8.90. The highest BCUT2D eigenvalue weighted by Crippen LogP contribution is 2.36. The first-order chi connectivity index (χ1) is 10.8. The van der Waals surface area contributed by atoms with Crippen LogP contribution >= 0.6 is 11.3 Å². The van der Waals surface area contributed by atoms with Gasteiger partial charge in [-0.1, -0.05) is 25.7 Å². The molecule has 0 aromatic carbocycles. The SMILES string of the molecule is O=C(C1CC1)N1CCC(c2nnc(CC3CCCC3)s2)CC1. The second-order valence-electron chi connectivity index (χ2n) is 7.26. The molecular formula is C17H25N3OS. The van der Waals surface area contributed by atoms with Crippen LogP contribution in [0.5, 0.6) is 0 Å². The van der Waals surface area contributed by atoms with Gasteiger partial charge in [-0.2, -0.15) is 0 Å². The van der Waals surface area contributed by atoms with Crippen LogP contribution in [0.15, 0.2) is 0 Å². The Morgan fingerprint density at radius 2 is 1.77 bits per heavy atom. The number of aromatic nitrogens is 2. The quantitative estimate of drug-likeness (QED) is 0.854. The van der Waals surface area contributed by atoms with Gasteiger partial charge in [0.15, 0.2) is 0 Å². The van der Waals surface area contributed by atoms with Crippen molar-refractivity contribution in [2.24, 2.45) is 11.8 Å². The van der Waals surface area contributed by atoms with Gasteiger partial charge in [0, 0.05) is 31.3 Å². The van der Waals surface area contributed by atoms with Crippen molar-refractivity contribution in [3.05, 3.63) is 10.0 Å². The van der Waals surface area contributed by atoms with Gasteiger partial charge >= 0.3 is 0 Å². The van der Waals surface area contributed by atoms with Crippen molar-refractivity contribution in [3.63, 3.8) is 0 Å². The molecule has 1 aromatic heterocycles. The Kier molecular flexibility index (Phi) is 4.16. The molecule has 0 unspecified atom stereocenters. The molecule has 0 atom stereocenters. The van der Waals surface area contributed by atoms with E-state index < -0.39 is 0 Å². The van der Waals surface area contributed by atoms with Gasteiger partial charge in [-0.25, -0.2) is 0 Å². The van der Waals surface area contributed by atoms with Gasteiger partial charge in [0.2, 0.25) is 5.91 Å². The van der Waals surface area contributed by atoms with Gasteiger partial charge in [0.05, 0.1) is 0 Å². The predicted octanol–water partition coefficient (Wildman–Crippen LogP) is 3.39. The minimum atomic E-state index is 0.357. The number of rotatable bonds is 4. The van der Waals surface area contributed by atoms with Crippen LogP contribution in [0, 0.1) is 11.8 Å². The summed E-state index contributed by atoms with van der Waals surface area (Å²) in [6.07, 6.45) is 11.0. The minimum absolute atomic E-state index is 0.357. The van der Waals surface area contributed by atoms with Crippen molar-refractivity contribution < 1.29 is 4.79 Å². The van der Waals surface area contributed by atoms with E-state index in [9.17, 15) is 4.79 Å². The summed E-state index contributed by atoms with van der Waals surface area (Å²) in [6.45, 7) is 1.83. The summed E-state index contributed by atoms with van der Waals surface area (Å²) in [5.74, 6) is 2.13. The number of hydrogen-bond donors (Lipinski definition) is 0. The van der Waals surface area contributed by atoms with Gasteiger partial charge in [-0.3, -0.25) is 4.79 Å². The second-order valence-corrected chi connectivity index (χ2v) is 8.36. The number of piperidine rings is 1. The lowest BCUT2D eigenvalue weighted by molar-refractivity contribution is -0.133. The molecule has 2 saturated carbocycles. The van der Waals surface area contributed by atoms with Crippen LogP contribution in [0.2, 0.25) is 0 Å². The molecule has 0 bridgehead atoms. The summed E-state index contributed by atoms with van der Waals surface area (Å²) >= 11 is 1.83. The van der Waals surface area contributed by atoms with Gasteiger partial charge in [-0.15, -0.1) is 21.5 Å².